The highest BCUT2D eigenvalue weighted by molar-refractivity contribution is 7.18. The summed E-state index contributed by atoms with van der Waals surface area (Å²) in [4.78, 5) is 17.1. The molecule has 0 atom stereocenters. The standard InChI is InChI=1S/C18H16FN3OS/c1-10-3-8-14(11(2)9-10)21-18-22-17(20)16(24-18)15(23)12-4-6-13(19)7-5-12/h3-9H,20H2,1-2H3,(H,21,22). The van der Waals surface area contributed by atoms with Gasteiger partial charge in [-0.2, -0.15) is 0 Å². The Hall–Kier alpha value is -2.73. The Balaban J connectivity index is 1.87. The molecule has 3 aromatic rings. The maximum Gasteiger partial charge on any atom is 0.206 e. The van der Waals surface area contributed by atoms with E-state index in [-0.39, 0.29) is 17.4 Å². The average molecular weight is 341 g/mol. The zero-order chi connectivity index (χ0) is 17.3. The number of nitrogens with two attached hydrogens (primary N) is 1. The highest BCUT2D eigenvalue weighted by Crippen LogP contribution is 2.30. The number of anilines is 3. The summed E-state index contributed by atoms with van der Waals surface area (Å²) in [6.07, 6.45) is 0. The van der Waals surface area contributed by atoms with Crippen LogP contribution < -0.4 is 11.1 Å². The van der Waals surface area contributed by atoms with Gasteiger partial charge in [0.15, 0.2) is 5.13 Å². The van der Waals surface area contributed by atoms with Gasteiger partial charge in [0.1, 0.15) is 16.5 Å². The molecule has 0 unspecified atom stereocenters. The van der Waals surface area contributed by atoms with Crippen LogP contribution in [0.3, 0.4) is 0 Å². The van der Waals surface area contributed by atoms with Crippen molar-refractivity contribution in [2.75, 3.05) is 11.1 Å². The van der Waals surface area contributed by atoms with Crippen LogP contribution in [0.1, 0.15) is 26.4 Å². The summed E-state index contributed by atoms with van der Waals surface area (Å²) in [6, 6.07) is 11.4. The number of aryl methyl sites for hydroxylation is 2. The van der Waals surface area contributed by atoms with Crippen LogP contribution in [0.15, 0.2) is 42.5 Å². The van der Waals surface area contributed by atoms with Gasteiger partial charge in [-0.1, -0.05) is 29.0 Å². The first kappa shape index (κ1) is 16.1. The van der Waals surface area contributed by atoms with Crippen LogP contribution in [0, 0.1) is 19.7 Å². The summed E-state index contributed by atoms with van der Waals surface area (Å²) in [5.41, 5.74) is 9.43. The second-order valence-electron chi connectivity index (χ2n) is 5.51. The molecule has 0 radical (unpaired) electrons. The maximum absolute atomic E-state index is 13.0. The van der Waals surface area contributed by atoms with Crippen LogP contribution in [0.25, 0.3) is 0 Å². The molecule has 4 nitrogen and oxygen atoms in total. The van der Waals surface area contributed by atoms with Gasteiger partial charge in [0.05, 0.1) is 0 Å². The van der Waals surface area contributed by atoms with E-state index in [4.69, 9.17) is 5.73 Å². The average Bonchev–Trinajstić information content (AvgIpc) is 2.91. The number of benzene rings is 2. The van der Waals surface area contributed by atoms with Crippen molar-refractivity contribution in [3.8, 4) is 0 Å². The summed E-state index contributed by atoms with van der Waals surface area (Å²) < 4.78 is 13.0. The fraction of sp³-hybridized carbons (Fsp3) is 0.111. The lowest BCUT2D eigenvalue weighted by atomic mass is 10.1. The first-order valence-corrected chi connectivity index (χ1v) is 8.16. The molecule has 0 saturated heterocycles. The zero-order valence-electron chi connectivity index (χ0n) is 13.3. The Morgan fingerprint density at radius 2 is 1.88 bits per heavy atom. The molecular weight excluding hydrogens is 325 g/mol. The molecule has 1 heterocycles. The lowest BCUT2D eigenvalue weighted by molar-refractivity contribution is 0.104. The number of nitrogens with zero attached hydrogens (tertiary/aromatic N) is 1. The van der Waals surface area contributed by atoms with Crippen molar-refractivity contribution in [2.24, 2.45) is 0 Å². The molecule has 0 amide bonds. The van der Waals surface area contributed by atoms with Gasteiger partial charge in [-0.15, -0.1) is 0 Å². The number of nitrogen functional groups attached to an aromatic ring is 1. The molecule has 0 saturated carbocycles. The van der Waals surface area contributed by atoms with Crippen LogP contribution in [0.4, 0.5) is 21.0 Å². The minimum atomic E-state index is -0.388. The second kappa shape index (κ2) is 6.41. The molecule has 122 valence electrons. The molecule has 0 spiro atoms. The number of ketones is 1. The van der Waals surface area contributed by atoms with Crippen molar-refractivity contribution < 1.29 is 9.18 Å². The summed E-state index contributed by atoms with van der Waals surface area (Å²) in [5.74, 6) is -0.485. The lowest BCUT2D eigenvalue weighted by Crippen LogP contribution is -2.02. The number of carbonyl (C=O) groups excluding carboxylic acids is 1. The van der Waals surface area contributed by atoms with E-state index in [1.807, 2.05) is 26.0 Å². The van der Waals surface area contributed by atoms with Gasteiger partial charge in [-0.05, 0) is 49.7 Å². The number of hydrogen-bond donors (Lipinski definition) is 2. The summed E-state index contributed by atoms with van der Waals surface area (Å²) in [6.45, 7) is 4.02. The molecule has 0 aliphatic carbocycles. The van der Waals surface area contributed by atoms with Gasteiger partial charge in [-0.3, -0.25) is 4.79 Å². The Morgan fingerprint density at radius 3 is 2.54 bits per heavy atom. The van der Waals surface area contributed by atoms with Gasteiger partial charge in [-0.25, -0.2) is 9.37 Å². The van der Waals surface area contributed by atoms with Crippen LogP contribution in [0.5, 0.6) is 0 Å². The summed E-state index contributed by atoms with van der Waals surface area (Å²) in [7, 11) is 0. The molecule has 1 aromatic heterocycles. The van der Waals surface area contributed by atoms with Crippen LogP contribution >= 0.6 is 11.3 Å². The number of carbonyl (C=O) groups is 1. The van der Waals surface area contributed by atoms with Gasteiger partial charge < -0.3 is 11.1 Å². The highest BCUT2D eigenvalue weighted by Gasteiger charge is 2.18. The van der Waals surface area contributed by atoms with E-state index in [9.17, 15) is 9.18 Å². The molecule has 24 heavy (non-hydrogen) atoms. The predicted molar refractivity (Wildman–Crippen MR) is 95.6 cm³/mol. The summed E-state index contributed by atoms with van der Waals surface area (Å²) in [5, 5.41) is 3.74. The van der Waals surface area contributed by atoms with E-state index in [0.717, 1.165) is 11.3 Å². The molecule has 3 N–H and O–H groups in total. The van der Waals surface area contributed by atoms with Crippen molar-refractivity contribution >= 4 is 33.8 Å². The third-order valence-corrected chi connectivity index (χ3v) is 4.57. The van der Waals surface area contributed by atoms with Crippen molar-refractivity contribution in [2.45, 2.75) is 13.8 Å². The summed E-state index contributed by atoms with van der Waals surface area (Å²) >= 11 is 1.18. The number of thiazole rings is 1. The number of nitrogens with one attached hydrogen (secondary N) is 1. The topological polar surface area (TPSA) is 68.0 Å². The Bertz CT molecular complexity index is 903. The predicted octanol–water partition coefficient (Wildman–Crippen LogP) is 4.46. The van der Waals surface area contributed by atoms with E-state index >= 15 is 0 Å². The Labute approximate surface area is 143 Å². The SMILES string of the molecule is Cc1ccc(Nc2nc(N)c(C(=O)c3ccc(F)cc3)s2)c(C)c1. The molecule has 6 heteroatoms. The first-order chi connectivity index (χ1) is 11.4. The molecule has 0 aliphatic rings. The molecular formula is C18H16FN3OS. The number of hydrogen-bond acceptors (Lipinski definition) is 5. The smallest absolute Gasteiger partial charge is 0.206 e. The number of halogens is 1. The van der Waals surface area contributed by atoms with E-state index in [2.05, 4.69) is 16.4 Å². The van der Waals surface area contributed by atoms with E-state index in [1.165, 1.54) is 41.2 Å². The van der Waals surface area contributed by atoms with Crippen LogP contribution in [-0.2, 0) is 0 Å². The lowest BCUT2D eigenvalue weighted by Gasteiger charge is -2.07. The third-order valence-electron chi connectivity index (χ3n) is 3.59. The molecule has 2 aromatic carbocycles. The van der Waals surface area contributed by atoms with E-state index in [1.54, 1.807) is 0 Å². The van der Waals surface area contributed by atoms with Crippen molar-refractivity contribution in [1.82, 2.24) is 4.98 Å². The number of aromatic nitrogens is 1. The molecule has 0 aliphatic heterocycles. The highest BCUT2D eigenvalue weighted by atomic mass is 32.1. The van der Waals surface area contributed by atoms with Crippen LogP contribution in [-0.4, -0.2) is 10.8 Å². The Morgan fingerprint density at radius 1 is 1.17 bits per heavy atom. The normalized spacial score (nSPS) is 10.6. The molecule has 0 bridgehead atoms. The first-order valence-electron chi connectivity index (χ1n) is 7.35. The minimum Gasteiger partial charge on any atom is -0.382 e. The Kier molecular flexibility index (Phi) is 4.31. The van der Waals surface area contributed by atoms with Gasteiger partial charge >= 0.3 is 0 Å². The number of rotatable bonds is 4. The van der Waals surface area contributed by atoms with Gasteiger partial charge in [0, 0.05) is 11.3 Å². The van der Waals surface area contributed by atoms with E-state index in [0.29, 0.717) is 15.6 Å². The monoisotopic (exact) mass is 341 g/mol. The molecule has 3 rings (SSSR count). The largest absolute Gasteiger partial charge is 0.382 e. The fourth-order valence-corrected chi connectivity index (χ4v) is 3.21. The second-order valence-corrected chi connectivity index (χ2v) is 6.51. The van der Waals surface area contributed by atoms with Gasteiger partial charge in [0.2, 0.25) is 5.78 Å². The van der Waals surface area contributed by atoms with Crippen molar-refractivity contribution in [3.05, 3.63) is 69.8 Å². The fourth-order valence-electron chi connectivity index (χ4n) is 2.35. The molecule has 0 fully saturated rings. The minimum absolute atomic E-state index is 0.168. The van der Waals surface area contributed by atoms with E-state index < -0.39 is 0 Å². The van der Waals surface area contributed by atoms with Gasteiger partial charge in [0.25, 0.3) is 0 Å². The maximum atomic E-state index is 13.0. The zero-order valence-corrected chi connectivity index (χ0v) is 14.1. The quantitative estimate of drug-likeness (QED) is 0.688. The van der Waals surface area contributed by atoms with Crippen LogP contribution in [0.2, 0.25) is 0 Å². The van der Waals surface area contributed by atoms with Crippen molar-refractivity contribution in [1.29, 1.82) is 0 Å². The van der Waals surface area contributed by atoms with Crippen molar-refractivity contribution in [3.63, 3.8) is 0 Å². The third kappa shape index (κ3) is 3.28.